The first-order valence-corrected chi connectivity index (χ1v) is 9.81. The summed E-state index contributed by atoms with van der Waals surface area (Å²) in [6.07, 6.45) is 1.28. The number of nitrogens with zero attached hydrogens (tertiary/aromatic N) is 1. The van der Waals surface area contributed by atoms with Crippen LogP contribution in [0.4, 0.5) is 5.69 Å². The van der Waals surface area contributed by atoms with Crippen molar-refractivity contribution in [3.63, 3.8) is 0 Å². The molecule has 0 saturated carbocycles. The lowest BCUT2D eigenvalue weighted by Crippen LogP contribution is -2.41. The van der Waals surface area contributed by atoms with Crippen molar-refractivity contribution in [2.45, 2.75) is 26.7 Å². The third-order valence-corrected chi connectivity index (χ3v) is 5.39. The molecule has 6 heteroatoms. The molecule has 1 heterocycles. The maximum absolute atomic E-state index is 12.9. The number of benzene rings is 2. The van der Waals surface area contributed by atoms with Crippen molar-refractivity contribution in [2.24, 2.45) is 5.92 Å². The first-order chi connectivity index (χ1) is 13.9. The summed E-state index contributed by atoms with van der Waals surface area (Å²) in [4.78, 5) is 27.4. The zero-order valence-electron chi connectivity index (χ0n) is 17.5. The second kappa shape index (κ2) is 8.99. The van der Waals surface area contributed by atoms with Gasteiger partial charge < -0.3 is 19.7 Å². The molecule has 2 amide bonds. The molecule has 0 bridgehead atoms. The fourth-order valence-corrected chi connectivity index (χ4v) is 3.65. The zero-order chi connectivity index (χ0) is 21.0. The van der Waals surface area contributed by atoms with E-state index in [0.717, 1.165) is 11.3 Å². The number of nitrogens with one attached hydrogen (secondary N) is 1. The topological polar surface area (TPSA) is 67.9 Å². The number of carbonyl (C=O) groups excluding carboxylic acids is 2. The quantitative estimate of drug-likeness (QED) is 0.834. The molecule has 0 aliphatic carbocycles. The van der Waals surface area contributed by atoms with Gasteiger partial charge in [-0.25, -0.2) is 0 Å². The Kier molecular flexibility index (Phi) is 6.42. The van der Waals surface area contributed by atoms with Gasteiger partial charge in [-0.05, 0) is 50.5 Å². The van der Waals surface area contributed by atoms with E-state index < -0.39 is 0 Å². The summed E-state index contributed by atoms with van der Waals surface area (Å²) in [6, 6.07) is 11.1. The number of hydrogen-bond donors (Lipinski definition) is 1. The normalized spacial score (nSPS) is 14.4. The van der Waals surface area contributed by atoms with Crippen LogP contribution in [0.25, 0.3) is 0 Å². The van der Waals surface area contributed by atoms with Crippen molar-refractivity contribution in [3.8, 4) is 11.5 Å². The van der Waals surface area contributed by atoms with Gasteiger partial charge in [0.1, 0.15) is 11.5 Å². The Morgan fingerprint density at radius 3 is 2.14 bits per heavy atom. The molecule has 3 rings (SSSR count). The molecule has 0 spiro atoms. The van der Waals surface area contributed by atoms with Gasteiger partial charge in [-0.3, -0.25) is 9.59 Å². The first kappa shape index (κ1) is 20.7. The highest BCUT2D eigenvalue weighted by atomic mass is 16.5. The second-order valence-electron chi connectivity index (χ2n) is 7.48. The van der Waals surface area contributed by atoms with E-state index in [4.69, 9.17) is 9.47 Å². The first-order valence-electron chi connectivity index (χ1n) is 9.81. The van der Waals surface area contributed by atoms with Gasteiger partial charge in [0.15, 0.2) is 0 Å². The van der Waals surface area contributed by atoms with Crippen LogP contribution in [0.15, 0.2) is 36.4 Å². The van der Waals surface area contributed by atoms with E-state index >= 15 is 0 Å². The molecule has 0 radical (unpaired) electrons. The van der Waals surface area contributed by atoms with Gasteiger partial charge in [0.2, 0.25) is 5.91 Å². The van der Waals surface area contributed by atoms with Gasteiger partial charge in [0.05, 0.1) is 14.2 Å². The largest absolute Gasteiger partial charge is 0.497 e. The Morgan fingerprint density at radius 2 is 1.59 bits per heavy atom. The second-order valence-corrected chi connectivity index (χ2v) is 7.48. The molecule has 154 valence electrons. The average Bonchev–Trinajstić information content (AvgIpc) is 2.74. The van der Waals surface area contributed by atoms with Gasteiger partial charge >= 0.3 is 0 Å². The van der Waals surface area contributed by atoms with E-state index in [2.05, 4.69) is 11.4 Å². The van der Waals surface area contributed by atoms with E-state index in [1.54, 1.807) is 37.3 Å². The molecule has 1 fully saturated rings. The summed E-state index contributed by atoms with van der Waals surface area (Å²) >= 11 is 0. The van der Waals surface area contributed by atoms with Gasteiger partial charge in [-0.15, -0.1) is 0 Å². The lowest BCUT2D eigenvalue weighted by atomic mass is 9.95. The number of piperidine rings is 1. The third kappa shape index (κ3) is 4.88. The number of likely N-dealkylation sites (tertiary alicyclic amines) is 1. The number of hydrogen-bond acceptors (Lipinski definition) is 4. The summed E-state index contributed by atoms with van der Waals surface area (Å²) < 4.78 is 10.5. The van der Waals surface area contributed by atoms with Gasteiger partial charge in [-0.2, -0.15) is 0 Å². The standard InChI is InChI=1S/C23H28N2O4/c1-15-5-6-21(16(2)11-15)24-22(26)17-7-9-25(10-8-17)23(27)18-12-19(28-3)14-20(13-18)29-4/h5-6,11-14,17H,7-10H2,1-4H3,(H,24,26). The fraction of sp³-hybridized carbons (Fsp3) is 0.391. The number of carbonyl (C=O) groups is 2. The van der Waals surface area contributed by atoms with Crippen LogP contribution in [0.3, 0.4) is 0 Å². The van der Waals surface area contributed by atoms with E-state index in [1.807, 2.05) is 26.0 Å². The van der Waals surface area contributed by atoms with Gasteiger partial charge in [0, 0.05) is 36.3 Å². The molecule has 1 N–H and O–H groups in total. The molecule has 2 aromatic rings. The third-order valence-electron chi connectivity index (χ3n) is 5.39. The highest BCUT2D eigenvalue weighted by Gasteiger charge is 2.28. The van der Waals surface area contributed by atoms with E-state index in [9.17, 15) is 9.59 Å². The maximum atomic E-state index is 12.9. The van der Waals surface area contributed by atoms with E-state index in [-0.39, 0.29) is 17.7 Å². The highest BCUT2D eigenvalue weighted by molar-refractivity contribution is 5.96. The molecule has 29 heavy (non-hydrogen) atoms. The van der Waals surface area contributed by atoms with Crippen LogP contribution in [-0.2, 0) is 4.79 Å². The Hall–Kier alpha value is -3.02. The molecule has 6 nitrogen and oxygen atoms in total. The van der Waals surface area contributed by atoms with Crippen molar-refractivity contribution in [1.82, 2.24) is 4.90 Å². The number of anilines is 1. The Balaban J connectivity index is 1.61. The molecular formula is C23H28N2O4. The number of methoxy groups -OCH3 is 2. The average molecular weight is 396 g/mol. The zero-order valence-corrected chi connectivity index (χ0v) is 17.5. The molecule has 0 aromatic heterocycles. The van der Waals surface area contributed by atoms with Crippen molar-refractivity contribution < 1.29 is 19.1 Å². The van der Waals surface area contributed by atoms with Crippen molar-refractivity contribution in [3.05, 3.63) is 53.1 Å². The molecular weight excluding hydrogens is 368 g/mol. The van der Waals surface area contributed by atoms with Crippen molar-refractivity contribution in [1.29, 1.82) is 0 Å². The van der Waals surface area contributed by atoms with Crippen LogP contribution in [0, 0.1) is 19.8 Å². The fourth-order valence-electron chi connectivity index (χ4n) is 3.65. The van der Waals surface area contributed by atoms with Crippen LogP contribution in [-0.4, -0.2) is 44.0 Å². The van der Waals surface area contributed by atoms with Crippen LogP contribution < -0.4 is 14.8 Å². The number of rotatable bonds is 5. The predicted octanol–water partition coefficient (Wildman–Crippen LogP) is 3.81. The molecule has 0 unspecified atom stereocenters. The summed E-state index contributed by atoms with van der Waals surface area (Å²) in [7, 11) is 3.12. The number of ether oxygens (including phenoxy) is 2. The molecule has 0 atom stereocenters. The molecule has 1 aliphatic rings. The van der Waals surface area contributed by atoms with Crippen molar-refractivity contribution in [2.75, 3.05) is 32.6 Å². The Morgan fingerprint density at radius 1 is 0.966 bits per heavy atom. The maximum Gasteiger partial charge on any atom is 0.254 e. The van der Waals surface area contributed by atoms with Crippen LogP contribution in [0.5, 0.6) is 11.5 Å². The molecule has 1 saturated heterocycles. The van der Waals surface area contributed by atoms with Crippen molar-refractivity contribution >= 4 is 17.5 Å². The minimum atomic E-state index is -0.0976. The molecule has 2 aromatic carbocycles. The van der Waals surface area contributed by atoms with Gasteiger partial charge in [-0.1, -0.05) is 17.7 Å². The molecule has 1 aliphatic heterocycles. The van der Waals surface area contributed by atoms with E-state index in [0.29, 0.717) is 43.0 Å². The highest BCUT2D eigenvalue weighted by Crippen LogP contribution is 2.26. The van der Waals surface area contributed by atoms with Crippen LogP contribution in [0.1, 0.15) is 34.3 Å². The lowest BCUT2D eigenvalue weighted by Gasteiger charge is -2.31. The minimum absolute atomic E-state index is 0.0205. The minimum Gasteiger partial charge on any atom is -0.497 e. The van der Waals surface area contributed by atoms with E-state index in [1.165, 1.54) is 5.56 Å². The van der Waals surface area contributed by atoms with Crippen LogP contribution >= 0.6 is 0 Å². The summed E-state index contributed by atoms with van der Waals surface area (Å²) in [5.74, 6) is 1.01. The summed E-state index contributed by atoms with van der Waals surface area (Å²) in [5, 5.41) is 3.04. The SMILES string of the molecule is COc1cc(OC)cc(C(=O)N2CCC(C(=O)Nc3ccc(C)cc3C)CC2)c1. The Bertz CT molecular complexity index is 879. The number of amides is 2. The lowest BCUT2D eigenvalue weighted by molar-refractivity contribution is -0.121. The smallest absolute Gasteiger partial charge is 0.254 e. The van der Waals surface area contributed by atoms with Crippen LogP contribution in [0.2, 0.25) is 0 Å². The van der Waals surface area contributed by atoms with Gasteiger partial charge in [0.25, 0.3) is 5.91 Å². The monoisotopic (exact) mass is 396 g/mol. The summed E-state index contributed by atoms with van der Waals surface area (Å²) in [5.41, 5.74) is 3.60. The number of aryl methyl sites for hydroxylation is 2. The predicted molar refractivity (Wildman–Crippen MR) is 113 cm³/mol. The summed E-state index contributed by atoms with van der Waals surface area (Å²) in [6.45, 7) is 5.11. The Labute approximate surface area is 171 Å².